The van der Waals surface area contributed by atoms with E-state index in [0.29, 0.717) is 19.8 Å². The third kappa shape index (κ3) is 5.24. The maximum Gasteiger partial charge on any atom is 0.0701 e. The Morgan fingerprint density at radius 2 is 1.69 bits per heavy atom. The SMILES string of the molecule is OCCOCCOCC1CCCC1. The van der Waals surface area contributed by atoms with E-state index in [1.54, 1.807) is 0 Å². The number of aliphatic hydroxyl groups excluding tert-OH is 1. The molecule has 0 aromatic carbocycles. The van der Waals surface area contributed by atoms with Crippen LogP contribution in [0, 0.1) is 5.92 Å². The second-order valence-electron chi connectivity index (χ2n) is 3.56. The van der Waals surface area contributed by atoms with Crippen molar-refractivity contribution in [3.8, 4) is 0 Å². The highest BCUT2D eigenvalue weighted by Crippen LogP contribution is 2.24. The first-order valence-electron chi connectivity index (χ1n) is 5.20. The van der Waals surface area contributed by atoms with Crippen molar-refractivity contribution in [2.75, 3.05) is 33.0 Å². The molecule has 0 radical (unpaired) electrons. The number of hydrogen-bond donors (Lipinski definition) is 1. The van der Waals surface area contributed by atoms with Crippen LogP contribution >= 0.6 is 0 Å². The summed E-state index contributed by atoms with van der Waals surface area (Å²) in [5.74, 6) is 0.790. The molecule has 1 saturated carbocycles. The van der Waals surface area contributed by atoms with E-state index in [1.165, 1.54) is 25.7 Å². The predicted octanol–water partition coefficient (Wildman–Crippen LogP) is 1.20. The van der Waals surface area contributed by atoms with Gasteiger partial charge < -0.3 is 14.6 Å². The summed E-state index contributed by atoms with van der Waals surface area (Å²) in [5.41, 5.74) is 0. The Morgan fingerprint density at radius 3 is 2.38 bits per heavy atom. The van der Waals surface area contributed by atoms with Crippen molar-refractivity contribution in [3.05, 3.63) is 0 Å². The Kier molecular flexibility index (Phi) is 6.15. The van der Waals surface area contributed by atoms with Gasteiger partial charge in [-0.25, -0.2) is 0 Å². The topological polar surface area (TPSA) is 38.7 Å². The van der Waals surface area contributed by atoms with E-state index in [4.69, 9.17) is 14.6 Å². The summed E-state index contributed by atoms with van der Waals surface area (Å²) in [6, 6.07) is 0. The van der Waals surface area contributed by atoms with Gasteiger partial charge in [-0.1, -0.05) is 12.8 Å². The molecule has 0 unspecified atom stereocenters. The van der Waals surface area contributed by atoms with E-state index in [-0.39, 0.29) is 6.61 Å². The Balaban J connectivity index is 1.78. The van der Waals surface area contributed by atoms with Gasteiger partial charge in [-0.2, -0.15) is 0 Å². The smallest absolute Gasteiger partial charge is 0.0701 e. The largest absolute Gasteiger partial charge is 0.394 e. The van der Waals surface area contributed by atoms with Gasteiger partial charge in [-0.15, -0.1) is 0 Å². The second-order valence-corrected chi connectivity index (χ2v) is 3.56. The van der Waals surface area contributed by atoms with E-state index < -0.39 is 0 Å². The van der Waals surface area contributed by atoms with E-state index in [2.05, 4.69) is 0 Å². The van der Waals surface area contributed by atoms with Crippen LogP contribution in [0.15, 0.2) is 0 Å². The van der Waals surface area contributed by atoms with Gasteiger partial charge in [0.05, 0.1) is 26.4 Å². The highest BCUT2D eigenvalue weighted by Gasteiger charge is 2.14. The highest BCUT2D eigenvalue weighted by molar-refractivity contribution is 4.66. The van der Waals surface area contributed by atoms with Gasteiger partial charge in [0, 0.05) is 6.61 Å². The molecule has 0 heterocycles. The zero-order valence-electron chi connectivity index (χ0n) is 8.21. The molecule has 0 spiro atoms. The predicted molar refractivity (Wildman–Crippen MR) is 50.7 cm³/mol. The Labute approximate surface area is 80.0 Å². The lowest BCUT2D eigenvalue weighted by atomic mass is 10.1. The van der Waals surface area contributed by atoms with Crippen molar-refractivity contribution < 1.29 is 14.6 Å². The van der Waals surface area contributed by atoms with Gasteiger partial charge in [0.1, 0.15) is 0 Å². The molecule has 1 aliphatic carbocycles. The monoisotopic (exact) mass is 188 g/mol. The van der Waals surface area contributed by atoms with Gasteiger partial charge in [0.2, 0.25) is 0 Å². The summed E-state index contributed by atoms with van der Waals surface area (Å²) in [4.78, 5) is 0. The van der Waals surface area contributed by atoms with E-state index >= 15 is 0 Å². The third-order valence-corrected chi connectivity index (χ3v) is 2.44. The van der Waals surface area contributed by atoms with E-state index in [1.807, 2.05) is 0 Å². The molecule has 1 aliphatic rings. The fourth-order valence-corrected chi connectivity index (χ4v) is 1.71. The van der Waals surface area contributed by atoms with Crippen LogP contribution in [0.2, 0.25) is 0 Å². The Hall–Kier alpha value is -0.120. The summed E-state index contributed by atoms with van der Waals surface area (Å²) in [6.07, 6.45) is 5.40. The summed E-state index contributed by atoms with van der Waals surface area (Å²) in [7, 11) is 0. The van der Waals surface area contributed by atoms with Crippen molar-refractivity contribution >= 4 is 0 Å². The molecule has 0 atom stereocenters. The fraction of sp³-hybridized carbons (Fsp3) is 1.00. The molecule has 0 aliphatic heterocycles. The molecule has 78 valence electrons. The third-order valence-electron chi connectivity index (χ3n) is 2.44. The van der Waals surface area contributed by atoms with Crippen LogP contribution in [-0.2, 0) is 9.47 Å². The van der Waals surface area contributed by atoms with Crippen LogP contribution in [-0.4, -0.2) is 38.1 Å². The number of aliphatic hydroxyl groups is 1. The molecule has 0 saturated heterocycles. The second kappa shape index (κ2) is 7.30. The van der Waals surface area contributed by atoms with Crippen LogP contribution in [0.3, 0.4) is 0 Å². The first kappa shape index (κ1) is 11.0. The quantitative estimate of drug-likeness (QED) is 0.610. The van der Waals surface area contributed by atoms with Gasteiger partial charge >= 0.3 is 0 Å². The van der Waals surface area contributed by atoms with E-state index in [9.17, 15) is 0 Å². The summed E-state index contributed by atoms with van der Waals surface area (Å²) < 4.78 is 10.5. The zero-order chi connectivity index (χ0) is 9.36. The molecular weight excluding hydrogens is 168 g/mol. The molecule has 0 amide bonds. The molecule has 3 heteroatoms. The lowest BCUT2D eigenvalue weighted by Gasteiger charge is -2.09. The maximum atomic E-state index is 8.43. The molecule has 1 rings (SSSR count). The Morgan fingerprint density at radius 1 is 1.00 bits per heavy atom. The lowest BCUT2D eigenvalue weighted by Crippen LogP contribution is -2.11. The van der Waals surface area contributed by atoms with E-state index in [0.717, 1.165) is 12.5 Å². The summed E-state index contributed by atoms with van der Waals surface area (Å²) >= 11 is 0. The fourth-order valence-electron chi connectivity index (χ4n) is 1.71. The molecule has 0 aromatic heterocycles. The van der Waals surface area contributed by atoms with Gasteiger partial charge in [-0.3, -0.25) is 0 Å². The molecule has 3 nitrogen and oxygen atoms in total. The number of rotatable bonds is 7. The average molecular weight is 188 g/mol. The first-order chi connectivity index (χ1) is 6.43. The molecular formula is C10H20O3. The minimum Gasteiger partial charge on any atom is -0.394 e. The van der Waals surface area contributed by atoms with Crippen molar-refractivity contribution in [1.29, 1.82) is 0 Å². The van der Waals surface area contributed by atoms with Crippen molar-refractivity contribution in [2.24, 2.45) is 5.92 Å². The van der Waals surface area contributed by atoms with Crippen molar-refractivity contribution in [2.45, 2.75) is 25.7 Å². The standard InChI is InChI=1S/C10H20O3/c11-5-6-12-7-8-13-9-10-3-1-2-4-10/h10-11H,1-9H2. The normalized spacial score (nSPS) is 18.2. The van der Waals surface area contributed by atoms with Crippen LogP contribution < -0.4 is 0 Å². The van der Waals surface area contributed by atoms with Crippen LogP contribution in [0.4, 0.5) is 0 Å². The maximum absolute atomic E-state index is 8.43. The first-order valence-corrected chi connectivity index (χ1v) is 5.20. The van der Waals surface area contributed by atoms with Crippen molar-refractivity contribution in [1.82, 2.24) is 0 Å². The lowest BCUT2D eigenvalue weighted by molar-refractivity contribution is 0.0227. The van der Waals surface area contributed by atoms with Crippen molar-refractivity contribution in [3.63, 3.8) is 0 Å². The van der Waals surface area contributed by atoms with Gasteiger partial charge in [-0.05, 0) is 18.8 Å². The van der Waals surface area contributed by atoms with Gasteiger partial charge in [0.25, 0.3) is 0 Å². The number of hydrogen-bond acceptors (Lipinski definition) is 3. The molecule has 13 heavy (non-hydrogen) atoms. The highest BCUT2D eigenvalue weighted by atomic mass is 16.5. The minimum absolute atomic E-state index is 0.0998. The molecule has 0 bridgehead atoms. The summed E-state index contributed by atoms with van der Waals surface area (Å²) in [6.45, 7) is 2.68. The minimum atomic E-state index is 0.0998. The average Bonchev–Trinajstić information content (AvgIpc) is 2.63. The molecule has 1 N–H and O–H groups in total. The Bertz CT molecular complexity index is 111. The zero-order valence-corrected chi connectivity index (χ0v) is 8.21. The van der Waals surface area contributed by atoms with Crippen LogP contribution in [0.1, 0.15) is 25.7 Å². The summed E-state index contributed by atoms with van der Waals surface area (Å²) in [5, 5.41) is 8.43. The number of ether oxygens (including phenoxy) is 2. The molecule has 0 aromatic rings. The molecule has 1 fully saturated rings. The van der Waals surface area contributed by atoms with Crippen LogP contribution in [0.5, 0.6) is 0 Å². The van der Waals surface area contributed by atoms with Crippen LogP contribution in [0.25, 0.3) is 0 Å². The van der Waals surface area contributed by atoms with Gasteiger partial charge in [0.15, 0.2) is 0 Å².